The summed E-state index contributed by atoms with van der Waals surface area (Å²) in [5, 5.41) is 21.6. The number of rotatable bonds is 5. The summed E-state index contributed by atoms with van der Waals surface area (Å²) < 4.78 is 1.24. The van der Waals surface area contributed by atoms with Crippen LogP contribution in [0.2, 0.25) is 0 Å². The van der Waals surface area contributed by atoms with E-state index in [0.29, 0.717) is 0 Å². The predicted molar refractivity (Wildman–Crippen MR) is 50.1 cm³/mol. The molecule has 8 nitrogen and oxygen atoms in total. The van der Waals surface area contributed by atoms with Gasteiger partial charge in [0.1, 0.15) is 18.9 Å². The molecule has 86 valence electrons. The largest absolute Gasteiger partial charge is 0.480 e. The summed E-state index contributed by atoms with van der Waals surface area (Å²) in [6.07, 6.45) is 3.00. The van der Waals surface area contributed by atoms with Gasteiger partial charge in [-0.15, -0.1) is 5.10 Å². The molecule has 0 aliphatic heterocycles. The van der Waals surface area contributed by atoms with Gasteiger partial charge >= 0.3 is 5.97 Å². The number of carbonyl (C=O) groups excluding carboxylic acids is 1. The summed E-state index contributed by atoms with van der Waals surface area (Å²) in [5.74, 6) is -1.32. The zero-order valence-corrected chi connectivity index (χ0v) is 8.41. The number of hydrogen-bond donors (Lipinski definition) is 2. The smallest absolute Gasteiger partial charge is 0.326 e. The average molecular weight is 225 g/mol. The molecule has 16 heavy (non-hydrogen) atoms. The average Bonchev–Trinajstić information content (AvgIpc) is 2.94. The van der Waals surface area contributed by atoms with Crippen molar-refractivity contribution in [3.8, 4) is 0 Å². The third kappa shape index (κ3) is 2.53. The third-order valence-corrected chi connectivity index (χ3v) is 2.37. The van der Waals surface area contributed by atoms with Crippen molar-refractivity contribution >= 4 is 11.9 Å². The van der Waals surface area contributed by atoms with Crippen LogP contribution < -0.4 is 5.32 Å². The normalized spacial score (nSPS) is 16.8. The molecule has 1 unspecified atom stereocenters. The maximum absolute atomic E-state index is 11.5. The molecule has 0 aromatic carbocycles. The van der Waals surface area contributed by atoms with E-state index in [1.807, 2.05) is 0 Å². The first kappa shape index (κ1) is 10.5. The highest BCUT2D eigenvalue weighted by Gasteiger charge is 2.37. The van der Waals surface area contributed by atoms with E-state index >= 15 is 0 Å². The van der Waals surface area contributed by atoms with Crippen LogP contribution in [0.5, 0.6) is 0 Å². The number of aliphatic carboxylic acids is 1. The van der Waals surface area contributed by atoms with Crippen LogP contribution >= 0.6 is 0 Å². The second-order valence-electron chi connectivity index (χ2n) is 3.73. The first-order chi connectivity index (χ1) is 7.66. The molecule has 8 heteroatoms. The van der Waals surface area contributed by atoms with E-state index in [0.717, 1.165) is 12.8 Å². The zero-order chi connectivity index (χ0) is 11.5. The second kappa shape index (κ2) is 4.25. The molecule has 0 spiro atoms. The first-order valence-corrected chi connectivity index (χ1v) is 4.90. The Bertz CT molecular complexity index is 386. The number of nitrogens with zero attached hydrogens (tertiary/aromatic N) is 4. The Hall–Kier alpha value is -1.99. The number of nitrogens with one attached hydrogen (secondary N) is 1. The van der Waals surface area contributed by atoms with Crippen molar-refractivity contribution in [2.24, 2.45) is 5.92 Å². The van der Waals surface area contributed by atoms with Crippen LogP contribution in [0.4, 0.5) is 0 Å². The number of hydrogen-bond acceptors (Lipinski definition) is 5. The summed E-state index contributed by atoms with van der Waals surface area (Å²) in [6.45, 7) is -0.0660. The Kier molecular flexibility index (Phi) is 2.80. The number of carboxylic acid groups (broad SMARTS) is 1. The van der Waals surface area contributed by atoms with E-state index in [9.17, 15) is 9.59 Å². The van der Waals surface area contributed by atoms with E-state index in [1.165, 1.54) is 11.0 Å². The van der Waals surface area contributed by atoms with Gasteiger partial charge in [0.05, 0.1) is 0 Å². The van der Waals surface area contributed by atoms with Crippen LogP contribution in [-0.2, 0) is 16.1 Å². The van der Waals surface area contributed by atoms with Crippen molar-refractivity contribution in [1.29, 1.82) is 0 Å². The number of tetrazole rings is 1. The number of carbonyl (C=O) groups is 2. The quantitative estimate of drug-likeness (QED) is 0.641. The third-order valence-electron chi connectivity index (χ3n) is 2.37. The van der Waals surface area contributed by atoms with Gasteiger partial charge in [0.15, 0.2) is 0 Å². The fourth-order valence-corrected chi connectivity index (χ4v) is 1.43. The van der Waals surface area contributed by atoms with Gasteiger partial charge in [0, 0.05) is 0 Å². The standard InChI is InChI=1S/C8H11N5O3/c14-6(3-13-4-9-11-12-13)10-7(8(15)16)5-1-2-5/h4-5,7H,1-3H2,(H,10,14)(H,15,16). The van der Waals surface area contributed by atoms with Crippen molar-refractivity contribution in [3.63, 3.8) is 0 Å². The van der Waals surface area contributed by atoms with Crippen LogP contribution in [0.3, 0.4) is 0 Å². The Morgan fingerprint density at radius 1 is 1.56 bits per heavy atom. The number of carboxylic acids is 1. The maximum Gasteiger partial charge on any atom is 0.326 e. The summed E-state index contributed by atoms with van der Waals surface area (Å²) in [6, 6.07) is -0.788. The molecule has 1 saturated carbocycles. The predicted octanol–water partition coefficient (Wildman–Crippen LogP) is -1.35. The molecule has 1 aliphatic rings. The van der Waals surface area contributed by atoms with Gasteiger partial charge in [-0.25, -0.2) is 9.48 Å². The van der Waals surface area contributed by atoms with Crippen LogP contribution in [0.15, 0.2) is 6.33 Å². The lowest BCUT2D eigenvalue weighted by Gasteiger charge is -2.12. The summed E-state index contributed by atoms with van der Waals surface area (Å²) in [5.41, 5.74) is 0. The Morgan fingerprint density at radius 3 is 2.81 bits per heavy atom. The Balaban J connectivity index is 1.88. The van der Waals surface area contributed by atoms with Gasteiger partial charge in [-0.05, 0) is 29.2 Å². The molecule has 1 aromatic heterocycles. The van der Waals surface area contributed by atoms with Crippen LogP contribution in [0, 0.1) is 5.92 Å². The van der Waals surface area contributed by atoms with Crippen molar-refractivity contribution in [2.75, 3.05) is 0 Å². The molecule has 0 saturated heterocycles. The van der Waals surface area contributed by atoms with Crippen molar-refractivity contribution in [1.82, 2.24) is 25.5 Å². The first-order valence-electron chi connectivity index (χ1n) is 4.90. The highest BCUT2D eigenvalue weighted by molar-refractivity contribution is 5.83. The van der Waals surface area contributed by atoms with Crippen molar-refractivity contribution in [3.05, 3.63) is 6.33 Å². The van der Waals surface area contributed by atoms with Gasteiger partial charge < -0.3 is 10.4 Å². The van der Waals surface area contributed by atoms with E-state index in [1.54, 1.807) is 0 Å². The topological polar surface area (TPSA) is 110 Å². The van der Waals surface area contributed by atoms with E-state index in [4.69, 9.17) is 5.11 Å². The zero-order valence-electron chi connectivity index (χ0n) is 8.41. The minimum absolute atomic E-state index is 0.0651. The number of amides is 1. The van der Waals surface area contributed by atoms with Gasteiger partial charge in [-0.2, -0.15) is 0 Å². The molecule has 1 amide bonds. The molecular formula is C8H11N5O3. The summed E-state index contributed by atoms with van der Waals surface area (Å²) >= 11 is 0. The lowest BCUT2D eigenvalue weighted by molar-refractivity contribution is -0.142. The van der Waals surface area contributed by atoms with Crippen LogP contribution in [-0.4, -0.2) is 43.2 Å². The van der Waals surface area contributed by atoms with Gasteiger partial charge in [-0.1, -0.05) is 0 Å². The molecule has 0 radical (unpaired) electrons. The Morgan fingerprint density at radius 2 is 2.31 bits per heavy atom. The molecule has 0 bridgehead atoms. The van der Waals surface area contributed by atoms with Gasteiger partial charge in [-0.3, -0.25) is 4.79 Å². The highest BCUT2D eigenvalue weighted by Crippen LogP contribution is 2.32. The van der Waals surface area contributed by atoms with Crippen LogP contribution in [0.1, 0.15) is 12.8 Å². The highest BCUT2D eigenvalue weighted by atomic mass is 16.4. The molecule has 2 rings (SSSR count). The number of aromatic nitrogens is 4. The van der Waals surface area contributed by atoms with E-state index in [-0.39, 0.29) is 12.5 Å². The van der Waals surface area contributed by atoms with E-state index in [2.05, 4.69) is 20.8 Å². The molecule has 1 atom stereocenters. The van der Waals surface area contributed by atoms with E-state index < -0.39 is 17.9 Å². The molecule has 1 aliphatic carbocycles. The molecular weight excluding hydrogens is 214 g/mol. The minimum atomic E-state index is -0.993. The fourth-order valence-electron chi connectivity index (χ4n) is 1.43. The Labute approximate surface area is 90.6 Å². The van der Waals surface area contributed by atoms with Crippen LogP contribution in [0.25, 0.3) is 0 Å². The van der Waals surface area contributed by atoms with Gasteiger partial charge in [0.2, 0.25) is 5.91 Å². The lowest BCUT2D eigenvalue weighted by atomic mass is 10.2. The summed E-state index contributed by atoms with van der Waals surface area (Å²) in [7, 11) is 0. The minimum Gasteiger partial charge on any atom is -0.480 e. The maximum atomic E-state index is 11.5. The van der Waals surface area contributed by atoms with Crippen molar-refractivity contribution in [2.45, 2.75) is 25.4 Å². The monoisotopic (exact) mass is 225 g/mol. The molecule has 2 N–H and O–H groups in total. The molecule has 1 aromatic rings. The van der Waals surface area contributed by atoms with Gasteiger partial charge in [0.25, 0.3) is 0 Å². The van der Waals surface area contributed by atoms with Crippen molar-refractivity contribution < 1.29 is 14.7 Å². The SMILES string of the molecule is O=C(Cn1cnnn1)NC(C(=O)O)C1CC1. The second-order valence-corrected chi connectivity index (χ2v) is 3.73. The molecule has 1 fully saturated rings. The summed E-state index contributed by atoms with van der Waals surface area (Å²) in [4.78, 5) is 22.3. The lowest BCUT2D eigenvalue weighted by Crippen LogP contribution is -2.43. The molecule has 1 heterocycles. The fraction of sp³-hybridized carbons (Fsp3) is 0.625.